The van der Waals surface area contributed by atoms with Gasteiger partial charge in [-0.3, -0.25) is 0 Å². The van der Waals surface area contributed by atoms with Crippen LogP contribution in [0.25, 0.3) is 17.0 Å². The summed E-state index contributed by atoms with van der Waals surface area (Å²) in [4.78, 5) is 4.22. The smallest absolute Gasteiger partial charge is 0.680 e. The maximum absolute atomic E-state index is 5.75. The summed E-state index contributed by atoms with van der Waals surface area (Å²) in [6.45, 7) is 5.00. The van der Waals surface area contributed by atoms with Gasteiger partial charge in [-0.25, -0.2) is 0 Å². The molecule has 0 spiro atoms. The third kappa shape index (κ3) is 7.01. The number of benzene rings is 1. The van der Waals surface area contributed by atoms with Crippen LogP contribution in [0.5, 0.6) is 0 Å². The maximum Gasteiger partial charge on any atom is 3.00 e. The molecule has 3 heteroatoms. The Kier molecular flexibility index (Phi) is 14.1. The molecule has 0 unspecified atom stereocenters. The molecule has 1 heterocycles. The van der Waals surface area contributed by atoms with Crippen LogP contribution in [0, 0.1) is 13.0 Å². The zero-order valence-corrected chi connectivity index (χ0v) is 12.5. The second-order valence-electron chi connectivity index (χ2n) is 2.49. The van der Waals surface area contributed by atoms with Crippen LogP contribution in [0.15, 0.2) is 48.7 Å². The van der Waals surface area contributed by atoms with Gasteiger partial charge in [-0.2, -0.15) is 14.0 Å². The minimum atomic E-state index is 0. The summed E-state index contributed by atoms with van der Waals surface area (Å²) in [7, 11) is 1.25. The van der Waals surface area contributed by atoms with E-state index in [-0.39, 0.29) is 20.1 Å². The van der Waals surface area contributed by atoms with E-state index in [9.17, 15) is 0 Å². The first-order valence-corrected chi connectivity index (χ1v) is 5.05. The average molecular weight is 406 g/mol. The fraction of sp³-hybridized carbons (Fsp3) is 0.143. The molecule has 0 saturated carbocycles. The van der Waals surface area contributed by atoms with Gasteiger partial charge < -0.3 is 17.6 Å². The Morgan fingerprint density at radius 2 is 1.71 bits per heavy atom. The van der Waals surface area contributed by atoms with Crippen LogP contribution in [-0.4, -0.2) is 12.0 Å². The summed E-state index contributed by atoms with van der Waals surface area (Å²) >= 11 is 0. The van der Waals surface area contributed by atoms with Crippen molar-refractivity contribution < 1.29 is 20.1 Å². The van der Waals surface area contributed by atoms with E-state index < -0.39 is 0 Å². The predicted octanol–water partition coefficient (Wildman–Crippen LogP) is 4.06. The maximum atomic E-state index is 5.75. The number of nitrogens with one attached hydrogen (secondary N) is 1. The molecule has 17 heavy (non-hydrogen) atoms. The summed E-state index contributed by atoms with van der Waals surface area (Å²) in [5.41, 5.74) is 7.76. The Morgan fingerprint density at radius 1 is 1.06 bits per heavy atom. The van der Waals surface area contributed by atoms with Crippen molar-refractivity contribution in [2.75, 3.05) is 7.05 Å². The van der Waals surface area contributed by atoms with Crippen LogP contribution >= 0.6 is 0 Å². The Morgan fingerprint density at radius 3 is 2.18 bits per heavy atom. The summed E-state index contributed by atoms with van der Waals surface area (Å²) in [6.07, 6.45) is 1.79. The molecule has 92 valence electrons. The molecule has 0 atom stereocenters. The summed E-state index contributed by atoms with van der Waals surface area (Å²) in [5.74, 6) is 0. The molecular formula is C14H17IrN2. The van der Waals surface area contributed by atoms with Gasteiger partial charge in [-0.1, -0.05) is 12.1 Å². The molecule has 2 nitrogen and oxygen atoms in total. The van der Waals surface area contributed by atoms with E-state index >= 15 is 0 Å². The fourth-order valence-corrected chi connectivity index (χ4v) is 1.07. The Balaban J connectivity index is 0. The van der Waals surface area contributed by atoms with Gasteiger partial charge >= 0.3 is 20.1 Å². The van der Waals surface area contributed by atoms with Crippen molar-refractivity contribution in [1.82, 2.24) is 4.98 Å². The minimum Gasteiger partial charge on any atom is -0.680 e. The van der Waals surface area contributed by atoms with Gasteiger partial charge in [0, 0.05) is 6.20 Å². The van der Waals surface area contributed by atoms with E-state index in [0.29, 0.717) is 0 Å². The largest absolute Gasteiger partial charge is 3.00 e. The topological polar surface area (TPSA) is 36.7 Å². The van der Waals surface area contributed by atoms with E-state index in [4.69, 9.17) is 5.73 Å². The van der Waals surface area contributed by atoms with Crippen molar-refractivity contribution >= 4 is 0 Å². The molecule has 0 aliphatic rings. The molecule has 0 fully saturated rings. The summed E-state index contributed by atoms with van der Waals surface area (Å²) in [6, 6.07) is 16.8. The van der Waals surface area contributed by atoms with Gasteiger partial charge in [0.2, 0.25) is 0 Å². The fourth-order valence-electron chi connectivity index (χ4n) is 1.07. The molecule has 0 saturated heterocycles. The molecule has 2 aromatic rings. The van der Waals surface area contributed by atoms with Crippen LogP contribution in [0.1, 0.15) is 6.92 Å². The van der Waals surface area contributed by atoms with Crippen molar-refractivity contribution in [3.8, 4) is 11.3 Å². The number of hydrogen-bond acceptors (Lipinski definition) is 1. The molecule has 0 aliphatic heterocycles. The van der Waals surface area contributed by atoms with Gasteiger partial charge in [0.05, 0.1) is 0 Å². The zero-order chi connectivity index (χ0) is 12.2. The Labute approximate surface area is 118 Å². The first kappa shape index (κ1) is 18.3. The van der Waals surface area contributed by atoms with Gasteiger partial charge in [0.25, 0.3) is 0 Å². The van der Waals surface area contributed by atoms with Crippen LogP contribution in [0.2, 0.25) is 0 Å². The number of aromatic nitrogens is 1. The molecule has 1 aromatic heterocycles. The standard InChI is InChI=1S/C11H8N.C2H5.CH4N.Ir/c1-2-6-10(7-3-1)11-8-4-5-9-12-11;2*1-2;/h1-6,8-9H;1H2,2H3;2H,1H3;/q3*-1;+3. The minimum absolute atomic E-state index is 0. The number of pyridine rings is 1. The number of rotatable bonds is 1. The molecule has 2 rings (SSSR count). The third-order valence-corrected chi connectivity index (χ3v) is 1.65. The van der Waals surface area contributed by atoms with Gasteiger partial charge in [0.15, 0.2) is 0 Å². The van der Waals surface area contributed by atoms with Crippen LogP contribution in [0.4, 0.5) is 0 Å². The van der Waals surface area contributed by atoms with Crippen molar-refractivity contribution in [1.29, 1.82) is 0 Å². The molecule has 1 N–H and O–H groups in total. The predicted molar refractivity (Wildman–Crippen MR) is 69.8 cm³/mol. The van der Waals surface area contributed by atoms with E-state index in [2.05, 4.69) is 18.0 Å². The second kappa shape index (κ2) is 13.0. The molecular weight excluding hydrogens is 388 g/mol. The summed E-state index contributed by atoms with van der Waals surface area (Å²) in [5, 5.41) is 0. The van der Waals surface area contributed by atoms with E-state index in [0.717, 1.165) is 11.3 Å². The SMILES string of the molecule is C[NH-].[CH2-]C.[Ir+3].[c-]1ccccc1-c1ccccn1. The van der Waals surface area contributed by atoms with Crippen molar-refractivity contribution in [3.63, 3.8) is 0 Å². The first-order valence-electron chi connectivity index (χ1n) is 5.05. The van der Waals surface area contributed by atoms with Gasteiger partial charge in [-0.15, -0.1) is 35.9 Å². The van der Waals surface area contributed by atoms with Gasteiger partial charge in [-0.05, 0) is 11.8 Å². The normalized spacial score (nSPS) is 7.53. The third-order valence-electron chi connectivity index (χ3n) is 1.65. The van der Waals surface area contributed by atoms with Crippen LogP contribution in [0.3, 0.4) is 0 Å². The molecule has 1 aromatic carbocycles. The van der Waals surface area contributed by atoms with Gasteiger partial charge in [0.1, 0.15) is 0 Å². The summed E-state index contributed by atoms with van der Waals surface area (Å²) < 4.78 is 0. The molecule has 0 radical (unpaired) electrons. The Hall–Kier alpha value is -1.02. The molecule has 0 bridgehead atoms. The Bertz CT molecular complexity index is 312. The second-order valence-corrected chi connectivity index (χ2v) is 2.49. The monoisotopic (exact) mass is 406 g/mol. The first-order chi connectivity index (χ1) is 7.97. The van der Waals surface area contributed by atoms with Crippen LogP contribution in [-0.2, 0) is 20.1 Å². The molecule has 0 amide bonds. The zero-order valence-electron chi connectivity index (χ0n) is 10.1. The van der Waals surface area contributed by atoms with Crippen molar-refractivity contribution in [3.05, 3.63) is 67.4 Å². The van der Waals surface area contributed by atoms with Crippen LogP contribution < -0.4 is 0 Å². The van der Waals surface area contributed by atoms with Crippen molar-refractivity contribution in [2.45, 2.75) is 6.92 Å². The van der Waals surface area contributed by atoms with E-state index in [1.165, 1.54) is 7.05 Å². The number of nitrogens with zero attached hydrogens (tertiary/aromatic N) is 1. The van der Waals surface area contributed by atoms with Crippen molar-refractivity contribution in [2.24, 2.45) is 0 Å². The number of hydrogen-bond donors (Lipinski definition) is 0. The molecule has 0 aliphatic carbocycles. The van der Waals surface area contributed by atoms with E-state index in [1.807, 2.05) is 42.5 Å². The quantitative estimate of drug-likeness (QED) is 0.660. The average Bonchev–Trinajstić information content (AvgIpc) is 2.45. The van der Waals surface area contributed by atoms with E-state index in [1.54, 1.807) is 13.1 Å².